The van der Waals surface area contributed by atoms with Gasteiger partial charge >= 0.3 is 0 Å². The van der Waals surface area contributed by atoms with Gasteiger partial charge in [-0.25, -0.2) is 0 Å². The van der Waals surface area contributed by atoms with E-state index in [4.69, 9.17) is 0 Å². The van der Waals surface area contributed by atoms with Gasteiger partial charge in [0.1, 0.15) is 0 Å². The molecule has 0 spiro atoms. The highest BCUT2D eigenvalue weighted by Crippen LogP contribution is 2.48. The Bertz CT molecular complexity index is 647. The molecule has 0 saturated heterocycles. The van der Waals surface area contributed by atoms with E-state index in [1.807, 2.05) is 25.1 Å². The number of amides is 1. The zero-order chi connectivity index (χ0) is 14.9. The standard InChI is InChI=1S/C18H20N2O/c1-13-4-3-5-16(12-13)18(8-9-18)17(21)20-14(2)15-6-10-19-11-7-15/h3-7,10-12,14H,8-9H2,1-2H3,(H,20,21)/t14-/m1/s1. The van der Waals surface area contributed by atoms with Crippen LogP contribution in [0.3, 0.4) is 0 Å². The van der Waals surface area contributed by atoms with Crippen molar-refractivity contribution in [2.45, 2.75) is 38.1 Å². The van der Waals surface area contributed by atoms with Crippen LogP contribution in [0.4, 0.5) is 0 Å². The third-order valence-corrected chi connectivity index (χ3v) is 4.31. The molecule has 1 atom stereocenters. The number of benzene rings is 1. The second-order valence-corrected chi connectivity index (χ2v) is 5.93. The molecule has 21 heavy (non-hydrogen) atoms. The topological polar surface area (TPSA) is 42.0 Å². The minimum atomic E-state index is -0.312. The molecule has 1 N–H and O–H groups in total. The Kier molecular flexibility index (Phi) is 3.50. The lowest BCUT2D eigenvalue weighted by molar-refractivity contribution is -0.124. The number of carbonyl (C=O) groups is 1. The van der Waals surface area contributed by atoms with Crippen LogP contribution in [0.5, 0.6) is 0 Å². The number of aromatic nitrogens is 1. The van der Waals surface area contributed by atoms with E-state index in [2.05, 4.69) is 35.4 Å². The van der Waals surface area contributed by atoms with E-state index < -0.39 is 0 Å². The SMILES string of the molecule is Cc1cccc(C2(C(=O)N[C@H](C)c3ccncc3)CC2)c1. The minimum absolute atomic E-state index is 0.00258. The van der Waals surface area contributed by atoms with Gasteiger partial charge < -0.3 is 5.32 Å². The summed E-state index contributed by atoms with van der Waals surface area (Å²) < 4.78 is 0. The third-order valence-electron chi connectivity index (χ3n) is 4.31. The summed E-state index contributed by atoms with van der Waals surface area (Å²) >= 11 is 0. The lowest BCUT2D eigenvalue weighted by Crippen LogP contribution is -2.36. The van der Waals surface area contributed by atoms with Gasteiger partial charge in [-0.15, -0.1) is 0 Å². The van der Waals surface area contributed by atoms with Crippen LogP contribution in [0.15, 0.2) is 48.8 Å². The van der Waals surface area contributed by atoms with Crippen molar-refractivity contribution in [1.82, 2.24) is 10.3 Å². The number of pyridine rings is 1. The Morgan fingerprint density at radius 2 is 1.95 bits per heavy atom. The molecule has 2 aromatic rings. The molecule has 0 aliphatic heterocycles. The number of aryl methyl sites for hydroxylation is 1. The first-order valence-corrected chi connectivity index (χ1v) is 7.40. The Labute approximate surface area is 125 Å². The minimum Gasteiger partial charge on any atom is -0.349 e. The van der Waals surface area contributed by atoms with Gasteiger partial charge in [-0.3, -0.25) is 9.78 Å². The smallest absolute Gasteiger partial charge is 0.231 e. The lowest BCUT2D eigenvalue weighted by Gasteiger charge is -2.20. The molecule has 1 aliphatic rings. The monoisotopic (exact) mass is 280 g/mol. The van der Waals surface area contributed by atoms with E-state index in [-0.39, 0.29) is 17.4 Å². The molecular weight excluding hydrogens is 260 g/mol. The summed E-state index contributed by atoms with van der Waals surface area (Å²) in [5, 5.41) is 3.15. The number of hydrogen-bond donors (Lipinski definition) is 1. The quantitative estimate of drug-likeness (QED) is 0.933. The van der Waals surface area contributed by atoms with Crippen molar-refractivity contribution >= 4 is 5.91 Å². The normalized spacial score (nSPS) is 17.0. The lowest BCUT2D eigenvalue weighted by atomic mass is 9.93. The molecule has 1 aromatic heterocycles. The number of hydrogen-bond acceptors (Lipinski definition) is 2. The highest BCUT2D eigenvalue weighted by atomic mass is 16.2. The number of carbonyl (C=O) groups excluding carboxylic acids is 1. The largest absolute Gasteiger partial charge is 0.349 e. The van der Waals surface area contributed by atoms with Gasteiger partial charge in [-0.1, -0.05) is 29.8 Å². The Morgan fingerprint density at radius 1 is 1.24 bits per heavy atom. The van der Waals surface area contributed by atoms with Crippen molar-refractivity contribution in [2.75, 3.05) is 0 Å². The maximum Gasteiger partial charge on any atom is 0.231 e. The van der Waals surface area contributed by atoms with Crippen molar-refractivity contribution in [1.29, 1.82) is 0 Å². The van der Waals surface area contributed by atoms with Crippen LogP contribution in [0.1, 0.15) is 42.5 Å². The number of nitrogens with one attached hydrogen (secondary N) is 1. The summed E-state index contributed by atoms with van der Waals surface area (Å²) in [6, 6.07) is 12.2. The zero-order valence-electron chi connectivity index (χ0n) is 12.5. The Hall–Kier alpha value is -2.16. The van der Waals surface area contributed by atoms with Crippen LogP contribution in [0, 0.1) is 6.92 Å². The molecule has 1 aliphatic carbocycles. The molecule has 0 unspecified atom stereocenters. The van der Waals surface area contributed by atoms with Crippen LogP contribution in [-0.4, -0.2) is 10.9 Å². The van der Waals surface area contributed by atoms with Crippen LogP contribution in [0.2, 0.25) is 0 Å². The predicted molar refractivity (Wildman–Crippen MR) is 82.9 cm³/mol. The van der Waals surface area contributed by atoms with Crippen molar-refractivity contribution < 1.29 is 4.79 Å². The second-order valence-electron chi connectivity index (χ2n) is 5.93. The van der Waals surface area contributed by atoms with Crippen molar-refractivity contribution in [2.24, 2.45) is 0 Å². The van der Waals surface area contributed by atoms with E-state index >= 15 is 0 Å². The molecule has 1 fully saturated rings. The summed E-state index contributed by atoms with van der Waals surface area (Å²) in [5.74, 6) is 0.136. The molecule has 108 valence electrons. The first-order chi connectivity index (χ1) is 10.1. The van der Waals surface area contributed by atoms with Gasteiger partial charge in [0.2, 0.25) is 5.91 Å². The average Bonchev–Trinajstić information content (AvgIpc) is 3.30. The number of nitrogens with zero attached hydrogens (tertiary/aromatic N) is 1. The van der Waals surface area contributed by atoms with Crippen LogP contribution in [-0.2, 0) is 10.2 Å². The summed E-state index contributed by atoms with van der Waals surface area (Å²) in [6.45, 7) is 4.08. The second kappa shape index (κ2) is 5.32. The van der Waals surface area contributed by atoms with E-state index in [1.54, 1.807) is 12.4 Å². The maximum absolute atomic E-state index is 12.7. The average molecular weight is 280 g/mol. The molecule has 1 amide bonds. The summed E-state index contributed by atoms with van der Waals surface area (Å²) in [4.78, 5) is 16.7. The predicted octanol–water partition coefficient (Wildman–Crippen LogP) is 3.30. The van der Waals surface area contributed by atoms with Crippen LogP contribution in [0.25, 0.3) is 0 Å². The van der Waals surface area contributed by atoms with Crippen molar-refractivity contribution in [3.63, 3.8) is 0 Å². The van der Waals surface area contributed by atoms with Gasteiger partial charge in [0, 0.05) is 12.4 Å². The molecule has 1 heterocycles. The van der Waals surface area contributed by atoms with Crippen molar-refractivity contribution in [3.05, 3.63) is 65.5 Å². The molecule has 3 rings (SSSR count). The molecule has 3 nitrogen and oxygen atoms in total. The van der Waals surface area contributed by atoms with Gasteiger partial charge in [0.05, 0.1) is 11.5 Å². The highest BCUT2D eigenvalue weighted by molar-refractivity contribution is 5.91. The van der Waals surface area contributed by atoms with Gasteiger partial charge in [0.15, 0.2) is 0 Å². The molecule has 3 heteroatoms. The van der Waals surface area contributed by atoms with Crippen molar-refractivity contribution in [3.8, 4) is 0 Å². The number of rotatable bonds is 4. The fourth-order valence-electron chi connectivity index (χ4n) is 2.78. The first-order valence-electron chi connectivity index (χ1n) is 7.40. The molecule has 0 bridgehead atoms. The van der Waals surface area contributed by atoms with Gasteiger partial charge in [-0.2, -0.15) is 0 Å². The molecular formula is C18H20N2O. The van der Waals surface area contributed by atoms with Gasteiger partial charge in [-0.05, 0) is 49.9 Å². The Balaban J connectivity index is 1.76. The zero-order valence-corrected chi connectivity index (χ0v) is 12.5. The molecule has 0 radical (unpaired) electrons. The fraction of sp³-hybridized carbons (Fsp3) is 0.333. The van der Waals surface area contributed by atoms with Crippen LogP contribution < -0.4 is 5.32 Å². The fourth-order valence-corrected chi connectivity index (χ4v) is 2.78. The maximum atomic E-state index is 12.7. The molecule has 1 aromatic carbocycles. The molecule has 1 saturated carbocycles. The van der Waals surface area contributed by atoms with E-state index in [0.717, 1.165) is 24.0 Å². The Morgan fingerprint density at radius 3 is 2.57 bits per heavy atom. The first kappa shape index (κ1) is 13.8. The van der Waals surface area contributed by atoms with E-state index in [9.17, 15) is 4.79 Å². The van der Waals surface area contributed by atoms with Gasteiger partial charge in [0.25, 0.3) is 0 Å². The highest BCUT2D eigenvalue weighted by Gasteiger charge is 2.51. The van der Waals surface area contributed by atoms with E-state index in [1.165, 1.54) is 5.56 Å². The summed E-state index contributed by atoms with van der Waals surface area (Å²) in [7, 11) is 0. The summed E-state index contributed by atoms with van der Waals surface area (Å²) in [6.07, 6.45) is 5.38. The summed E-state index contributed by atoms with van der Waals surface area (Å²) in [5.41, 5.74) is 3.11. The van der Waals surface area contributed by atoms with Crippen LogP contribution >= 0.6 is 0 Å². The van der Waals surface area contributed by atoms with E-state index in [0.29, 0.717) is 0 Å². The third kappa shape index (κ3) is 2.68.